The number of nitrogen functional groups attached to an aromatic ring is 1. The standard InChI is InChI=1S/C12H14N2O/c1-2-7-15-12-4-3-11(13)10-8-14-6-5-9(10)12/h3-6,8H,2,7,13H2,1H3. The molecule has 0 radical (unpaired) electrons. The number of nitrogens with zero attached hydrogens (tertiary/aromatic N) is 1. The van der Waals surface area contributed by atoms with Gasteiger partial charge in [-0.3, -0.25) is 4.98 Å². The molecule has 1 aromatic carbocycles. The van der Waals surface area contributed by atoms with E-state index in [4.69, 9.17) is 10.5 Å². The van der Waals surface area contributed by atoms with Crippen LogP contribution in [-0.2, 0) is 0 Å². The zero-order chi connectivity index (χ0) is 10.7. The summed E-state index contributed by atoms with van der Waals surface area (Å²) in [5.74, 6) is 0.878. The van der Waals surface area contributed by atoms with Gasteiger partial charge < -0.3 is 10.5 Å². The third-order valence-corrected chi connectivity index (χ3v) is 2.27. The molecule has 1 heterocycles. The van der Waals surface area contributed by atoms with Crippen LogP contribution in [0.2, 0.25) is 0 Å². The number of rotatable bonds is 3. The van der Waals surface area contributed by atoms with Crippen LogP contribution in [0.25, 0.3) is 10.8 Å². The van der Waals surface area contributed by atoms with Gasteiger partial charge in [0.25, 0.3) is 0 Å². The van der Waals surface area contributed by atoms with Crippen molar-refractivity contribution in [2.75, 3.05) is 12.3 Å². The van der Waals surface area contributed by atoms with Crippen LogP contribution in [0.5, 0.6) is 5.75 Å². The fourth-order valence-corrected chi connectivity index (χ4v) is 1.52. The number of nitrogens with two attached hydrogens (primary N) is 1. The highest BCUT2D eigenvalue weighted by atomic mass is 16.5. The van der Waals surface area contributed by atoms with Crippen LogP contribution in [-0.4, -0.2) is 11.6 Å². The van der Waals surface area contributed by atoms with E-state index in [1.165, 1.54) is 0 Å². The Bertz CT molecular complexity index is 468. The van der Waals surface area contributed by atoms with Crippen molar-refractivity contribution in [2.45, 2.75) is 13.3 Å². The number of benzene rings is 1. The molecule has 3 heteroatoms. The summed E-state index contributed by atoms with van der Waals surface area (Å²) in [5, 5.41) is 1.98. The molecule has 15 heavy (non-hydrogen) atoms. The number of hydrogen-bond donors (Lipinski definition) is 1. The normalized spacial score (nSPS) is 10.5. The zero-order valence-corrected chi connectivity index (χ0v) is 8.73. The van der Waals surface area contributed by atoms with Gasteiger partial charge in [-0.05, 0) is 24.6 Å². The first-order valence-electron chi connectivity index (χ1n) is 5.08. The summed E-state index contributed by atoms with van der Waals surface area (Å²) < 4.78 is 5.64. The predicted octanol–water partition coefficient (Wildman–Crippen LogP) is 2.61. The zero-order valence-electron chi connectivity index (χ0n) is 8.73. The summed E-state index contributed by atoms with van der Waals surface area (Å²) in [4.78, 5) is 4.06. The summed E-state index contributed by atoms with van der Waals surface area (Å²) in [6.07, 6.45) is 4.51. The second-order valence-corrected chi connectivity index (χ2v) is 3.42. The van der Waals surface area contributed by atoms with Crippen LogP contribution in [0.1, 0.15) is 13.3 Å². The lowest BCUT2D eigenvalue weighted by Crippen LogP contribution is -1.97. The van der Waals surface area contributed by atoms with Crippen molar-refractivity contribution >= 4 is 16.5 Å². The SMILES string of the molecule is CCCOc1ccc(N)c2cnccc12. The average molecular weight is 202 g/mol. The highest BCUT2D eigenvalue weighted by Crippen LogP contribution is 2.29. The van der Waals surface area contributed by atoms with E-state index in [0.717, 1.165) is 35.2 Å². The van der Waals surface area contributed by atoms with Crippen LogP contribution in [0.3, 0.4) is 0 Å². The van der Waals surface area contributed by atoms with Crippen molar-refractivity contribution < 1.29 is 4.74 Å². The third-order valence-electron chi connectivity index (χ3n) is 2.27. The summed E-state index contributed by atoms with van der Waals surface area (Å²) in [7, 11) is 0. The number of ether oxygens (including phenoxy) is 1. The number of anilines is 1. The van der Waals surface area contributed by atoms with Gasteiger partial charge in [0.1, 0.15) is 5.75 Å². The molecular weight excluding hydrogens is 188 g/mol. The first-order valence-corrected chi connectivity index (χ1v) is 5.08. The Hall–Kier alpha value is -1.77. The van der Waals surface area contributed by atoms with Crippen molar-refractivity contribution in [3.63, 3.8) is 0 Å². The molecule has 0 atom stereocenters. The lowest BCUT2D eigenvalue weighted by Gasteiger charge is -2.09. The van der Waals surface area contributed by atoms with Crippen LogP contribution < -0.4 is 10.5 Å². The molecule has 2 N–H and O–H groups in total. The van der Waals surface area contributed by atoms with Gasteiger partial charge in [0, 0.05) is 28.9 Å². The first-order chi connectivity index (χ1) is 7.33. The van der Waals surface area contributed by atoms with Gasteiger partial charge in [-0.25, -0.2) is 0 Å². The van der Waals surface area contributed by atoms with E-state index >= 15 is 0 Å². The minimum atomic E-state index is 0.724. The molecule has 0 saturated heterocycles. The lowest BCUT2D eigenvalue weighted by atomic mass is 10.1. The van der Waals surface area contributed by atoms with Crippen molar-refractivity contribution in [3.05, 3.63) is 30.6 Å². The molecule has 0 amide bonds. The van der Waals surface area contributed by atoms with Crippen molar-refractivity contribution in [1.29, 1.82) is 0 Å². The van der Waals surface area contributed by atoms with Crippen LogP contribution in [0.4, 0.5) is 5.69 Å². The van der Waals surface area contributed by atoms with E-state index in [1.807, 2.05) is 18.2 Å². The highest BCUT2D eigenvalue weighted by molar-refractivity contribution is 5.96. The van der Waals surface area contributed by atoms with Gasteiger partial charge in [-0.15, -0.1) is 0 Å². The van der Waals surface area contributed by atoms with Gasteiger partial charge in [-0.1, -0.05) is 6.92 Å². The van der Waals surface area contributed by atoms with Gasteiger partial charge >= 0.3 is 0 Å². The van der Waals surface area contributed by atoms with Gasteiger partial charge in [0.05, 0.1) is 6.61 Å². The molecule has 0 aliphatic heterocycles. The summed E-state index contributed by atoms with van der Waals surface area (Å²) >= 11 is 0. The molecule has 0 fully saturated rings. The molecule has 78 valence electrons. The van der Waals surface area contributed by atoms with Crippen LogP contribution >= 0.6 is 0 Å². The van der Waals surface area contributed by atoms with Gasteiger partial charge in [0.15, 0.2) is 0 Å². The Morgan fingerprint density at radius 1 is 1.27 bits per heavy atom. The molecule has 0 aliphatic rings. The summed E-state index contributed by atoms with van der Waals surface area (Å²) in [6.45, 7) is 2.81. The lowest BCUT2D eigenvalue weighted by molar-refractivity contribution is 0.321. The molecule has 0 aliphatic carbocycles. The molecule has 2 rings (SSSR count). The van der Waals surface area contributed by atoms with E-state index in [9.17, 15) is 0 Å². The third kappa shape index (κ3) is 1.86. The van der Waals surface area contributed by atoms with E-state index < -0.39 is 0 Å². The topological polar surface area (TPSA) is 48.1 Å². The maximum atomic E-state index is 5.86. The minimum Gasteiger partial charge on any atom is -0.493 e. The van der Waals surface area contributed by atoms with Crippen LogP contribution in [0, 0.1) is 0 Å². The van der Waals surface area contributed by atoms with E-state index in [2.05, 4.69) is 11.9 Å². The van der Waals surface area contributed by atoms with E-state index in [1.54, 1.807) is 12.4 Å². The number of fused-ring (bicyclic) bond motifs is 1. The Morgan fingerprint density at radius 2 is 2.13 bits per heavy atom. The second kappa shape index (κ2) is 4.17. The Kier molecular flexibility index (Phi) is 2.72. The largest absolute Gasteiger partial charge is 0.493 e. The van der Waals surface area contributed by atoms with Crippen molar-refractivity contribution in [2.24, 2.45) is 0 Å². The first kappa shape index (κ1) is 9.77. The second-order valence-electron chi connectivity index (χ2n) is 3.42. The molecule has 0 spiro atoms. The van der Waals surface area contributed by atoms with E-state index in [0.29, 0.717) is 0 Å². The maximum Gasteiger partial charge on any atom is 0.127 e. The fourth-order valence-electron chi connectivity index (χ4n) is 1.52. The quantitative estimate of drug-likeness (QED) is 0.778. The smallest absolute Gasteiger partial charge is 0.127 e. The highest BCUT2D eigenvalue weighted by Gasteiger charge is 2.04. The Balaban J connectivity index is 2.51. The Labute approximate surface area is 88.9 Å². The van der Waals surface area contributed by atoms with Crippen molar-refractivity contribution in [3.8, 4) is 5.75 Å². The maximum absolute atomic E-state index is 5.86. The minimum absolute atomic E-state index is 0.724. The summed E-state index contributed by atoms with van der Waals surface area (Å²) in [6, 6.07) is 5.69. The summed E-state index contributed by atoms with van der Waals surface area (Å²) in [5.41, 5.74) is 6.60. The molecule has 1 aromatic heterocycles. The molecule has 3 nitrogen and oxygen atoms in total. The molecular formula is C12H14N2O. The van der Waals surface area contributed by atoms with Crippen LogP contribution in [0.15, 0.2) is 30.6 Å². The molecule has 0 unspecified atom stereocenters. The Morgan fingerprint density at radius 3 is 2.93 bits per heavy atom. The number of aromatic nitrogens is 1. The molecule has 0 bridgehead atoms. The fraction of sp³-hybridized carbons (Fsp3) is 0.250. The molecule has 0 saturated carbocycles. The van der Waals surface area contributed by atoms with Crippen molar-refractivity contribution in [1.82, 2.24) is 4.98 Å². The number of hydrogen-bond acceptors (Lipinski definition) is 3. The van der Waals surface area contributed by atoms with E-state index in [-0.39, 0.29) is 0 Å². The number of pyridine rings is 1. The van der Waals surface area contributed by atoms with Gasteiger partial charge in [0.2, 0.25) is 0 Å². The predicted molar refractivity (Wildman–Crippen MR) is 61.9 cm³/mol. The van der Waals surface area contributed by atoms with Gasteiger partial charge in [-0.2, -0.15) is 0 Å². The molecule has 2 aromatic rings. The monoisotopic (exact) mass is 202 g/mol. The average Bonchev–Trinajstić information content (AvgIpc) is 2.29.